The van der Waals surface area contributed by atoms with Gasteiger partial charge in [-0.25, -0.2) is 9.97 Å². The number of hydrogen-bond donors (Lipinski definition) is 2. The molecule has 1 aromatic rings. The van der Waals surface area contributed by atoms with Gasteiger partial charge in [-0.15, -0.1) is 0 Å². The second kappa shape index (κ2) is 5.60. The van der Waals surface area contributed by atoms with Crippen molar-refractivity contribution in [1.29, 1.82) is 0 Å². The van der Waals surface area contributed by atoms with Crippen LogP contribution >= 0.6 is 11.6 Å². The van der Waals surface area contributed by atoms with Gasteiger partial charge in [-0.1, -0.05) is 11.6 Å². The Morgan fingerprint density at radius 3 is 2.73 bits per heavy atom. The molecule has 3 rings (SSSR count). The summed E-state index contributed by atoms with van der Waals surface area (Å²) in [6, 6.07) is 0. The minimum Gasteiger partial charge on any atom is -0.387 e. The average Bonchev–Trinajstić information content (AvgIpc) is 2.48. The fraction of sp³-hybridized carbons (Fsp3) is 0.733. The molecule has 2 fully saturated rings. The van der Waals surface area contributed by atoms with Crippen molar-refractivity contribution in [3.8, 4) is 0 Å². The van der Waals surface area contributed by atoms with Gasteiger partial charge in [0.05, 0.1) is 18.4 Å². The summed E-state index contributed by atoms with van der Waals surface area (Å²) in [6.45, 7) is 5.32. The van der Waals surface area contributed by atoms with E-state index in [1.54, 1.807) is 13.1 Å². The van der Waals surface area contributed by atoms with Crippen molar-refractivity contribution in [1.82, 2.24) is 9.97 Å². The molecule has 0 amide bonds. The molecule has 2 N–H and O–H groups in total. The van der Waals surface area contributed by atoms with E-state index in [1.807, 2.05) is 6.92 Å². The molecule has 2 saturated heterocycles. The number of rotatable bonds is 1. The van der Waals surface area contributed by atoms with E-state index >= 15 is 0 Å². The van der Waals surface area contributed by atoms with E-state index < -0.39 is 17.3 Å². The molecule has 1 spiro atoms. The number of halogens is 1. The van der Waals surface area contributed by atoms with Gasteiger partial charge in [0.15, 0.2) is 5.82 Å². The molecule has 2 aliphatic rings. The van der Waals surface area contributed by atoms with Gasteiger partial charge in [0, 0.05) is 19.5 Å². The molecule has 0 saturated carbocycles. The molecule has 2 atom stereocenters. The number of aliphatic hydroxyl groups is 2. The maximum absolute atomic E-state index is 10.5. The number of aromatic nitrogens is 2. The average molecular weight is 328 g/mol. The number of ether oxygens (including phenoxy) is 1. The van der Waals surface area contributed by atoms with E-state index in [-0.39, 0.29) is 0 Å². The zero-order valence-corrected chi connectivity index (χ0v) is 13.7. The lowest BCUT2D eigenvalue weighted by Gasteiger charge is -2.51. The van der Waals surface area contributed by atoms with Crippen LogP contribution in [-0.2, 0) is 4.74 Å². The van der Waals surface area contributed by atoms with Crippen LogP contribution in [0.15, 0.2) is 6.20 Å². The summed E-state index contributed by atoms with van der Waals surface area (Å²) in [4.78, 5) is 10.6. The molecule has 3 heterocycles. The molecule has 22 heavy (non-hydrogen) atoms. The topological polar surface area (TPSA) is 78.7 Å². The minimum atomic E-state index is -1.09. The summed E-state index contributed by atoms with van der Waals surface area (Å²) in [5.41, 5.74) is -1.77. The summed E-state index contributed by atoms with van der Waals surface area (Å²) in [5, 5.41) is 21.4. The molecule has 122 valence electrons. The molecule has 0 aromatic carbocycles. The van der Waals surface area contributed by atoms with Gasteiger partial charge in [0.1, 0.15) is 22.6 Å². The summed E-state index contributed by atoms with van der Waals surface area (Å²) in [5.74, 6) is 1.40. The summed E-state index contributed by atoms with van der Waals surface area (Å²) >= 11 is 6.19. The first-order valence-electron chi connectivity index (χ1n) is 7.63. The van der Waals surface area contributed by atoms with E-state index in [1.165, 1.54) is 0 Å². The van der Waals surface area contributed by atoms with Gasteiger partial charge in [0.25, 0.3) is 0 Å². The molecule has 7 heteroatoms. The molecule has 0 bridgehead atoms. The van der Waals surface area contributed by atoms with Crippen molar-refractivity contribution in [3.05, 3.63) is 17.0 Å². The van der Waals surface area contributed by atoms with E-state index in [4.69, 9.17) is 16.3 Å². The van der Waals surface area contributed by atoms with Crippen LogP contribution in [-0.4, -0.2) is 57.2 Å². The van der Waals surface area contributed by atoms with E-state index in [2.05, 4.69) is 14.9 Å². The van der Waals surface area contributed by atoms with Gasteiger partial charge in [-0.2, -0.15) is 0 Å². The summed E-state index contributed by atoms with van der Waals surface area (Å²) in [7, 11) is 0. The first-order chi connectivity index (χ1) is 10.3. The maximum atomic E-state index is 10.5. The second-order valence-corrected chi connectivity index (χ2v) is 6.91. The second-order valence-electron chi connectivity index (χ2n) is 6.50. The third-order valence-corrected chi connectivity index (χ3v) is 5.11. The number of aryl methyl sites for hydroxylation is 1. The number of nitrogens with zero attached hydrogens (tertiary/aromatic N) is 3. The molecule has 0 unspecified atom stereocenters. The fourth-order valence-electron chi connectivity index (χ4n) is 3.42. The van der Waals surface area contributed by atoms with Gasteiger partial charge < -0.3 is 19.8 Å². The van der Waals surface area contributed by atoms with Crippen LogP contribution in [0.3, 0.4) is 0 Å². The lowest BCUT2D eigenvalue weighted by atomic mass is 9.75. The Morgan fingerprint density at radius 1 is 1.36 bits per heavy atom. The smallest absolute Gasteiger partial charge is 0.151 e. The van der Waals surface area contributed by atoms with Gasteiger partial charge in [0.2, 0.25) is 0 Å². The Hall–Kier alpha value is -0.950. The number of aliphatic hydroxyl groups excluding tert-OH is 1. The quantitative estimate of drug-likeness (QED) is 0.809. The van der Waals surface area contributed by atoms with Crippen LogP contribution in [0, 0.1) is 6.92 Å². The zero-order valence-electron chi connectivity index (χ0n) is 12.9. The largest absolute Gasteiger partial charge is 0.387 e. The Labute approximate surface area is 135 Å². The third-order valence-electron chi connectivity index (χ3n) is 4.84. The predicted molar refractivity (Wildman–Crippen MR) is 83.2 cm³/mol. The minimum absolute atomic E-state index is 0.455. The van der Waals surface area contributed by atoms with Crippen LogP contribution in [0.5, 0.6) is 0 Å². The molecule has 0 aliphatic carbocycles. The van der Waals surface area contributed by atoms with Crippen molar-refractivity contribution in [2.45, 2.75) is 50.4 Å². The van der Waals surface area contributed by atoms with Crippen molar-refractivity contribution in [3.63, 3.8) is 0 Å². The van der Waals surface area contributed by atoms with Crippen LogP contribution < -0.4 is 4.90 Å². The van der Waals surface area contributed by atoms with Crippen molar-refractivity contribution in [2.75, 3.05) is 24.6 Å². The fourth-order valence-corrected chi connectivity index (χ4v) is 3.63. The van der Waals surface area contributed by atoms with E-state index in [0.29, 0.717) is 49.8 Å². The highest BCUT2D eigenvalue weighted by Crippen LogP contribution is 2.40. The third kappa shape index (κ3) is 2.69. The molecule has 2 aliphatic heterocycles. The molecule has 6 nitrogen and oxygen atoms in total. The van der Waals surface area contributed by atoms with Crippen LogP contribution in [0.4, 0.5) is 5.82 Å². The summed E-state index contributed by atoms with van der Waals surface area (Å²) in [6.07, 6.45) is 2.45. The molecular formula is C15H22ClN3O3. The molecule has 1 aromatic heterocycles. The normalized spacial score (nSPS) is 31.5. The van der Waals surface area contributed by atoms with E-state index in [0.717, 1.165) is 5.82 Å². The highest BCUT2D eigenvalue weighted by Gasteiger charge is 2.52. The molecule has 0 radical (unpaired) electrons. The highest BCUT2D eigenvalue weighted by molar-refractivity contribution is 6.32. The number of piperidine rings is 1. The van der Waals surface area contributed by atoms with Crippen LogP contribution in [0.25, 0.3) is 0 Å². The van der Waals surface area contributed by atoms with Gasteiger partial charge in [-0.05, 0) is 26.7 Å². The van der Waals surface area contributed by atoms with Crippen molar-refractivity contribution < 1.29 is 14.9 Å². The Morgan fingerprint density at radius 2 is 2.05 bits per heavy atom. The number of anilines is 1. The number of hydrogen-bond acceptors (Lipinski definition) is 6. The Kier molecular flexibility index (Phi) is 4.05. The van der Waals surface area contributed by atoms with E-state index in [9.17, 15) is 10.2 Å². The standard InChI is InChI=1S/C15H22ClN3O3/c1-10-17-9-11(16)12(18-10)19-6-3-15(4-7-19)13(20)14(2,21)5-8-22-15/h9,13,20-21H,3-8H2,1-2H3/t13-,14+/m0/s1. The monoisotopic (exact) mass is 327 g/mol. The Bertz CT molecular complexity index is 559. The van der Waals surface area contributed by atoms with Crippen molar-refractivity contribution >= 4 is 17.4 Å². The Balaban J connectivity index is 1.76. The van der Waals surface area contributed by atoms with Crippen molar-refractivity contribution in [2.24, 2.45) is 0 Å². The lowest BCUT2D eigenvalue weighted by molar-refractivity contribution is -0.239. The highest BCUT2D eigenvalue weighted by atomic mass is 35.5. The van der Waals surface area contributed by atoms with Gasteiger partial charge in [-0.3, -0.25) is 0 Å². The van der Waals surface area contributed by atoms with Gasteiger partial charge >= 0.3 is 0 Å². The predicted octanol–water partition coefficient (Wildman–Crippen LogP) is 1.31. The van der Waals surface area contributed by atoms with Crippen LogP contribution in [0.1, 0.15) is 32.0 Å². The van der Waals surface area contributed by atoms with Crippen LogP contribution in [0.2, 0.25) is 5.02 Å². The zero-order chi connectivity index (χ0) is 16.0. The molecular weight excluding hydrogens is 306 g/mol. The first-order valence-corrected chi connectivity index (χ1v) is 8.00. The summed E-state index contributed by atoms with van der Waals surface area (Å²) < 4.78 is 5.89. The SMILES string of the molecule is Cc1ncc(Cl)c(N2CCC3(CC2)OCC[C@@](C)(O)[C@@H]3O)n1. The lowest BCUT2D eigenvalue weighted by Crippen LogP contribution is -2.64. The first kappa shape index (κ1) is 15.9. The maximum Gasteiger partial charge on any atom is 0.151 e.